The van der Waals surface area contributed by atoms with Gasteiger partial charge in [-0.1, -0.05) is 38.1 Å². The first-order valence-electron chi connectivity index (χ1n) is 7.62. The van der Waals surface area contributed by atoms with Gasteiger partial charge in [-0.15, -0.1) is 0 Å². The van der Waals surface area contributed by atoms with E-state index in [1.807, 2.05) is 0 Å². The number of hydrogen-bond donors (Lipinski definition) is 1. The van der Waals surface area contributed by atoms with Gasteiger partial charge in [-0.3, -0.25) is 4.72 Å². The minimum absolute atomic E-state index is 0.148. The molecule has 2 aromatic rings. The van der Waals surface area contributed by atoms with Crippen LogP contribution in [0.1, 0.15) is 29.8 Å². The Hall–Kier alpha value is -2.34. The summed E-state index contributed by atoms with van der Waals surface area (Å²) in [7, 11) is -2.53. The Labute approximate surface area is 142 Å². The number of para-hydroxylation sites is 1. The van der Waals surface area contributed by atoms with E-state index in [1.165, 1.54) is 19.2 Å². The summed E-state index contributed by atoms with van der Waals surface area (Å²) in [6.07, 6.45) is 0.888. The molecule has 0 spiro atoms. The third-order valence-corrected chi connectivity index (χ3v) is 4.84. The van der Waals surface area contributed by atoms with Crippen molar-refractivity contribution in [2.45, 2.75) is 25.2 Å². The van der Waals surface area contributed by atoms with E-state index in [1.54, 1.807) is 36.4 Å². The SMILES string of the molecule is COC(=O)c1ccccc1NS(=O)(=O)c1ccc(CC(C)C)cc1. The zero-order valence-electron chi connectivity index (χ0n) is 13.9. The number of esters is 1. The molecule has 5 nitrogen and oxygen atoms in total. The van der Waals surface area contributed by atoms with E-state index >= 15 is 0 Å². The van der Waals surface area contributed by atoms with E-state index in [4.69, 9.17) is 0 Å². The largest absolute Gasteiger partial charge is 0.465 e. The van der Waals surface area contributed by atoms with Crippen LogP contribution in [-0.4, -0.2) is 21.5 Å². The average molecular weight is 347 g/mol. The third-order valence-electron chi connectivity index (χ3n) is 3.45. The van der Waals surface area contributed by atoms with Gasteiger partial charge in [0, 0.05) is 0 Å². The maximum Gasteiger partial charge on any atom is 0.339 e. The second kappa shape index (κ2) is 7.49. The number of sulfonamides is 1. The molecule has 0 bridgehead atoms. The average Bonchev–Trinajstić information content (AvgIpc) is 2.54. The van der Waals surface area contributed by atoms with Crippen LogP contribution in [0.15, 0.2) is 53.4 Å². The van der Waals surface area contributed by atoms with Gasteiger partial charge in [0.25, 0.3) is 10.0 Å². The number of anilines is 1. The zero-order valence-corrected chi connectivity index (χ0v) is 14.8. The number of nitrogens with one attached hydrogen (secondary N) is 1. The molecule has 0 amide bonds. The van der Waals surface area contributed by atoms with E-state index in [2.05, 4.69) is 23.3 Å². The lowest BCUT2D eigenvalue weighted by atomic mass is 10.0. The molecule has 0 aliphatic rings. The molecule has 0 fully saturated rings. The molecule has 2 aromatic carbocycles. The topological polar surface area (TPSA) is 72.5 Å². The van der Waals surface area contributed by atoms with Crippen LogP contribution in [0.4, 0.5) is 5.69 Å². The van der Waals surface area contributed by atoms with E-state index in [9.17, 15) is 13.2 Å². The van der Waals surface area contributed by atoms with E-state index in [0.717, 1.165) is 12.0 Å². The van der Waals surface area contributed by atoms with Crippen molar-refractivity contribution in [3.63, 3.8) is 0 Å². The Morgan fingerprint density at radius 2 is 1.71 bits per heavy atom. The van der Waals surface area contributed by atoms with Crippen LogP contribution in [0, 0.1) is 5.92 Å². The van der Waals surface area contributed by atoms with Crippen molar-refractivity contribution < 1.29 is 17.9 Å². The van der Waals surface area contributed by atoms with Gasteiger partial charge in [0.1, 0.15) is 0 Å². The highest BCUT2D eigenvalue weighted by Gasteiger charge is 2.18. The lowest BCUT2D eigenvalue weighted by Crippen LogP contribution is -2.16. The van der Waals surface area contributed by atoms with Crippen LogP contribution < -0.4 is 4.72 Å². The van der Waals surface area contributed by atoms with Gasteiger partial charge in [-0.25, -0.2) is 13.2 Å². The van der Waals surface area contributed by atoms with Crippen LogP contribution in [0.3, 0.4) is 0 Å². The van der Waals surface area contributed by atoms with E-state index in [0.29, 0.717) is 5.92 Å². The van der Waals surface area contributed by atoms with Gasteiger partial charge < -0.3 is 4.74 Å². The number of carbonyl (C=O) groups is 1. The molecule has 1 N–H and O–H groups in total. The first-order chi connectivity index (χ1) is 11.3. The summed E-state index contributed by atoms with van der Waals surface area (Å²) in [4.78, 5) is 11.9. The fourth-order valence-electron chi connectivity index (χ4n) is 2.34. The van der Waals surface area contributed by atoms with E-state index < -0.39 is 16.0 Å². The molecule has 0 unspecified atom stereocenters. The van der Waals surface area contributed by atoms with Gasteiger partial charge in [-0.05, 0) is 42.2 Å². The Morgan fingerprint density at radius 3 is 2.29 bits per heavy atom. The Morgan fingerprint density at radius 1 is 1.08 bits per heavy atom. The maximum atomic E-state index is 12.5. The number of methoxy groups -OCH3 is 1. The minimum atomic E-state index is -3.78. The molecule has 0 aliphatic carbocycles. The summed E-state index contributed by atoms with van der Waals surface area (Å²) >= 11 is 0. The molecule has 2 rings (SSSR count). The fraction of sp³-hybridized carbons (Fsp3) is 0.278. The molecule has 0 aromatic heterocycles. The van der Waals surface area contributed by atoms with Gasteiger partial charge in [0.2, 0.25) is 0 Å². The maximum absolute atomic E-state index is 12.5. The summed E-state index contributed by atoms with van der Waals surface area (Å²) in [6, 6.07) is 13.1. The number of hydrogen-bond acceptors (Lipinski definition) is 4. The Balaban J connectivity index is 2.28. The smallest absolute Gasteiger partial charge is 0.339 e. The first-order valence-corrected chi connectivity index (χ1v) is 9.11. The van der Waals surface area contributed by atoms with Crippen LogP contribution >= 0.6 is 0 Å². The molecule has 0 atom stereocenters. The van der Waals surface area contributed by atoms with Gasteiger partial charge in [-0.2, -0.15) is 0 Å². The molecular weight excluding hydrogens is 326 g/mol. The lowest BCUT2D eigenvalue weighted by Gasteiger charge is -2.12. The van der Waals surface area contributed by atoms with Crippen molar-refractivity contribution >= 4 is 21.7 Å². The van der Waals surface area contributed by atoms with Crippen LogP contribution in [0.2, 0.25) is 0 Å². The summed E-state index contributed by atoms with van der Waals surface area (Å²) in [6.45, 7) is 4.21. The van der Waals surface area contributed by atoms with Crippen molar-refractivity contribution in [3.8, 4) is 0 Å². The summed E-state index contributed by atoms with van der Waals surface area (Å²) < 4.78 is 32.2. The molecule has 0 heterocycles. The quantitative estimate of drug-likeness (QED) is 0.812. The van der Waals surface area contributed by atoms with Crippen molar-refractivity contribution in [2.24, 2.45) is 5.92 Å². The van der Waals surface area contributed by atoms with Crippen molar-refractivity contribution in [1.82, 2.24) is 0 Å². The standard InChI is InChI=1S/C18H21NO4S/c1-13(2)12-14-8-10-15(11-9-14)24(21,22)19-17-7-5-4-6-16(17)18(20)23-3/h4-11,13,19H,12H2,1-3H3. The molecule has 0 saturated carbocycles. The minimum Gasteiger partial charge on any atom is -0.465 e. The van der Waals surface area contributed by atoms with Gasteiger partial charge in [0.15, 0.2) is 0 Å². The number of rotatable bonds is 6. The molecular formula is C18H21NO4S. The first kappa shape index (κ1) is 18.0. The third kappa shape index (κ3) is 4.35. The van der Waals surface area contributed by atoms with Crippen molar-refractivity contribution in [3.05, 3.63) is 59.7 Å². The van der Waals surface area contributed by atoms with Crippen LogP contribution in [0.5, 0.6) is 0 Å². The molecule has 24 heavy (non-hydrogen) atoms. The molecule has 0 saturated heterocycles. The summed E-state index contributed by atoms with van der Waals surface area (Å²) in [5.41, 5.74) is 1.44. The van der Waals surface area contributed by atoms with E-state index in [-0.39, 0.29) is 16.1 Å². The predicted molar refractivity (Wildman–Crippen MR) is 93.6 cm³/mol. The highest BCUT2D eigenvalue weighted by molar-refractivity contribution is 7.92. The Bertz CT molecular complexity index is 811. The monoisotopic (exact) mass is 347 g/mol. The normalized spacial score (nSPS) is 11.3. The fourth-order valence-corrected chi connectivity index (χ4v) is 3.42. The Kier molecular flexibility index (Phi) is 5.62. The van der Waals surface area contributed by atoms with Crippen LogP contribution in [0.25, 0.3) is 0 Å². The second-order valence-corrected chi connectivity index (χ2v) is 7.57. The summed E-state index contributed by atoms with van der Waals surface area (Å²) in [5.74, 6) is -0.0990. The molecule has 6 heteroatoms. The highest BCUT2D eigenvalue weighted by atomic mass is 32.2. The zero-order chi connectivity index (χ0) is 17.7. The predicted octanol–water partition coefficient (Wildman–Crippen LogP) is 3.47. The number of benzene rings is 2. The molecule has 0 radical (unpaired) electrons. The second-order valence-electron chi connectivity index (χ2n) is 5.88. The number of carbonyl (C=O) groups excluding carboxylic acids is 1. The van der Waals surface area contributed by atoms with Crippen LogP contribution in [-0.2, 0) is 21.2 Å². The highest BCUT2D eigenvalue weighted by Crippen LogP contribution is 2.21. The molecule has 128 valence electrons. The van der Waals surface area contributed by atoms with Crippen molar-refractivity contribution in [1.29, 1.82) is 0 Å². The number of ether oxygens (including phenoxy) is 1. The van der Waals surface area contributed by atoms with Gasteiger partial charge >= 0.3 is 5.97 Å². The van der Waals surface area contributed by atoms with Gasteiger partial charge in [0.05, 0.1) is 23.3 Å². The van der Waals surface area contributed by atoms with Crippen molar-refractivity contribution in [2.75, 3.05) is 11.8 Å². The summed E-state index contributed by atoms with van der Waals surface area (Å²) in [5, 5.41) is 0. The lowest BCUT2D eigenvalue weighted by molar-refractivity contribution is 0.0602. The molecule has 0 aliphatic heterocycles.